The zero-order valence-electron chi connectivity index (χ0n) is 12.4. The van der Waals surface area contributed by atoms with Crippen LogP contribution < -0.4 is 10.9 Å². The van der Waals surface area contributed by atoms with Crippen molar-refractivity contribution in [3.05, 3.63) is 70.4 Å². The number of benzene rings is 2. The van der Waals surface area contributed by atoms with E-state index < -0.39 is 5.91 Å². The summed E-state index contributed by atoms with van der Waals surface area (Å²) in [5, 5.41) is 7.90. The summed E-state index contributed by atoms with van der Waals surface area (Å²) in [7, 11) is 0. The number of hydrogen-bond donors (Lipinski definition) is 1. The van der Waals surface area contributed by atoms with Crippen LogP contribution in [0.15, 0.2) is 53.5 Å². The van der Waals surface area contributed by atoms with Gasteiger partial charge in [-0.2, -0.15) is 5.10 Å². The van der Waals surface area contributed by atoms with Crippen molar-refractivity contribution < 1.29 is 9.18 Å². The van der Waals surface area contributed by atoms with E-state index in [1.807, 2.05) is 6.07 Å². The molecule has 23 heavy (non-hydrogen) atoms. The van der Waals surface area contributed by atoms with Crippen LogP contribution in [0.1, 0.15) is 5.56 Å². The predicted molar refractivity (Wildman–Crippen MR) is 85.8 cm³/mol. The van der Waals surface area contributed by atoms with E-state index in [9.17, 15) is 14.0 Å². The Bertz CT molecular complexity index is 950. The van der Waals surface area contributed by atoms with Gasteiger partial charge in [-0.25, -0.2) is 9.07 Å². The Labute approximate surface area is 131 Å². The van der Waals surface area contributed by atoms with Gasteiger partial charge in [0.15, 0.2) is 0 Å². The van der Waals surface area contributed by atoms with Gasteiger partial charge in [-0.3, -0.25) is 9.59 Å². The number of carbonyl (C=O) groups is 1. The maximum absolute atomic E-state index is 13.1. The Kier molecular flexibility index (Phi) is 3.89. The van der Waals surface area contributed by atoms with Gasteiger partial charge >= 0.3 is 0 Å². The highest BCUT2D eigenvalue weighted by molar-refractivity contribution is 5.91. The lowest BCUT2D eigenvalue weighted by Crippen LogP contribution is -2.29. The zero-order valence-corrected chi connectivity index (χ0v) is 12.4. The highest BCUT2D eigenvalue weighted by Gasteiger charge is 2.10. The minimum atomic E-state index is -0.399. The average Bonchev–Trinajstić information content (AvgIpc) is 2.53. The van der Waals surface area contributed by atoms with E-state index in [-0.39, 0.29) is 17.9 Å². The first kappa shape index (κ1) is 14.9. The summed E-state index contributed by atoms with van der Waals surface area (Å²) in [6.07, 6.45) is 1.55. The molecule has 1 aromatic heterocycles. The van der Waals surface area contributed by atoms with Gasteiger partial charge in [0, 0.05) is 11.1 Å². The molecule has 0 saturated heterocycles. The molecule has 0 aliphatic heterocycles. The van der Waals surface area contributed by atoms with Crippen molar-refractivity contribution in [2.45, 2.75) is 13.5 Å². The molecule has 0 radical (unpaired) electrons. The lowest BCUT2D eigenvalue weighted by Gasteiger charge is -2.09. The smallest absolute Gasteiger partial charge is 0.275 e. The Hall–Kier alpha value is -3.02. The van der Waals surface area contributed by atoms with Crippen LogP contribution >= 0.6 is 0 Å². The second-order valence-corrected chi connectivity index (χ2v) is 5.20. The third-order valence-corrected chi connectivity index (χ3v) is 3.52. The molecule has 0 saturated carbocycles. The van der Waals surface area contributed by atoms with Gasteiger partial charge in [0.05, 0.1) is 11.6 Å². The van der Waals surface area contributed by atoms with Gasteiger partial charge in [-0.05, 0) is 36.8 Å². The van der Waals surface area contributed by atoms with Crippen LogP contribution in [0.5, 0.6) is 0 Å². The zero-order chi connectivity index (χ0) is 16.4. The molecule has 0 aliphatic carbocycles. The number of aromatic nitrogens is 2. The van der Waals surface area contributed by atoms with Crippen molar-refractivity contribution >= 4 is 22.4 Å². The molecule has 3 rings (SSSR count). The van der Waals surface area contributed by atoms with Crippen LogP contribution in [-0.2, 0) is 11.3 Å². The summed E-state index contributed by atoms with van der Waals surface area (Å²) in [4.78, 5) is 24.4. The van der Waals surface area contributed by atoms with Crippen molar-refractivity contribution in [1.82, 2.24) is 9.78 Å². The molecule has 3 aromatic rings. The first-order valence-electron chi connectivity index (χ1n) is 7.05. The normalized spacial score (nSPS) is 10.7. The standard InChI is InChI=1S/C17H14FN3O2/c1-11-8-13(18)6-7-15(11)20-16(22)10-21-17(23)14-5-3-2-4-12(14)9-19-21/h2-9H,10H2,1H3,(H,20,22). The summed E-state index contributed by atoms with van der Waals surface area (Å²) in [5.41, 5.74) is 0.788. The monoisotopic (exact) mass is 311 g/mol. The molecule has 0 spiro atoms. The van der Waals surface area contributed by atoms with E-state index in [0.717, 1.165) is 10.1 Å². The number of anilines is 1. The molecule has 6 heteroatoms. The highest BCUT2D eigenvalue weighted by Crippen LogP contribution is 2.15. The van der Waals surface area contributed by atoms with E-state index in [2.05, 4.69) is 10.4 Å². The highest BCUT2D eigenvalue weighted by atomic mass is 19.1. The number of carbonyl (C=O) groups excluding carboxylic acids is 1. The van der Waals surface area contributed by atoms with E-state index in [1.165, 1.54) is 18.2 Å². The third kappa shape index (κ3) is 3.11. The van der Waals surface area contributed by atoms with Crippen LogP contribution in [0.4, 0.5) is 10.1 Å². The minimum absolute atomic E-state index is 0.208. The SMILES string of the molecule is Cc1cc(F)ccc1NC(=O)Cn1ncc2ccccc2c1=O. The molecular formula is C17H14FN3O2. The Morgan fingerprint density at radius 1 is 1.26 bits per heavy atom. The summed E-state index contributed by atoms with van der Waals surface area (Å²) in [5.74, 6) is -0.766. The van der Waals surface area contributed by atoms with E-state index in [4.69, 9.17) is 0 Å². The van der Waals surface area contributed by atoms with E-state index >= 15 is 0 Å². The summed E-state index contributed by atoms with van der Waals surface area (Å²) in [6, 6.07) is 11.1. The van der Waals surface area contributed by atoms with Crippen LogP contribution in [0.3, 0.4) is 0 Å². The summed E-state index contributed by atoms with van der Waals surface area (Å²) in [6.45, 7) is 1.49. The Morgan fingerprint density at radius 3 is 2.83 bits per heavy atom. The van der Waals surface area contributed by atoms with Crippen LogP contribution in [0, 0.1) is 12.7 Å². The van der Waals surface area contributed by atoms with Crippen molar-refractivity contribution in [3.63, 3.8) is 0 Å². The number of halogens is 1. The molecule has 0 unspecified atom stereocenters. The summed E-state index contributed by atoms with van der Waals surface area (Å²) < 4.78 is 14.2. The molecule has 116 valence electrons. The lowest BCUT2D eigenvalue weighted by atomic mass is 10.2. The first-order valence-corrected chi connectivity index (χ1v) is 7.05. The fourth-order valence-corrected chi connectivity index (χ4v) is 2.33. The number of nitrogens with one attached hydrogen (secondary N) is 1. The third-order valence-electron chi connectivity index (χ3n) is 3.52. The maximum atomic E-state index is 13.1. The number of amides is 1. The van der Waals surface area contributed by atoms with Gasteiger partial charge in [0.1, 0.15) is 12.4 Å². The average molecular weight is 311 g/mol. The molecule has 1 N–H and O–H groups in total. The van der Waals surface area contributed by atoms with Gasteiger partial charge in [0.25, 0.3) is 5.56 Å². The molecule has 1 heterocycles. The van der Waals surface area contributed by atoms with Crippen molar-refractivity contribution in [3.8, 4) is 0 Å². The topological polar surface area (TPSA) is 64.0 Å². The molecule has 0 atom stereocenters. The van der Waals surface area contributed by atoms with Gasteiger partial charge < -0.3 is 5.32 Å². The molecule has 2 aromatic carbocycles. The lowest BCUT2D eigenvalue weighted by molar-refractivity contribution is -0.117. The van der Waals surface area contributed by atoms with E-state index in [0.29, 0.717) is 16.6 Å². The van der Waals surface area contributed by atoms with E-state index in [1.54, 1.807) is 31.3 Å². The van der Waals surface area contributed by atoms with Crippen LogP contribution in [0.25, 0.3) is 10.8 Å². The van der Waals surface area contributed by atoms with Gasteiger partial charge in [0.2, 0.25) is 5.91 Å². The number of rotatable bonds is 3. The van der Waals surface area contributed by atoms with Crippen molar-refractivity contribution in [2.75, 3.05) is 5.32 Å². The Morgan fingerprint density at radius 2 is 2.04 bits per heavy atom. The maximum Gasteiger partial charge on any atom is 0.275 e. The van der Waals surface area contributed by atoms with Crippen LogP contribution in [-0.4, -0.2) is 15.7 Å². The summed E-state index contributed by atoms with van der Waals surface area (Å²) >= 11 is 0. The fraction of sp³-hybridized carbons (Fsp3) is 0.118. The number of fused-ring (bicyclic) bond motifs is 1. The fourth-order valence-electron chi connectivity index (χ4n) is 2.33. The largest absolute Gasteiger partial charge is 0.324 e. The second-order valence-electron chi connectivity index (χ2n) is 5.20. The number of hydrogen-bond acceptors (Lipinski definition) is 3. The second kappa shape index (κ2) is 6.00. The molecule has 1 amide bonds. The van der Waals surface area contributed by atoms with Crippen molar-refractivity contribution in [2.24, 2.45) is 0 Å². The van der Waals surface area contributed by atoms with Crippen LogP contribution in [0.2, 0.25) is 0 Å². The predicted octanol–water partition coefficient (Wildman–Crippen LogP) is 2.48. The van der Waals surface area contributed by atoms with Crippen molar-refractivity contribution in [1.29, 1.82) is 0 Å². The first-order chi connectivity index (χ1) is 11.0. The molecule has 0 fully saturated rings. The van der Waals surface area contributed by atoms with Gasteiger partial charge in [-0.1, -0.05) is 18.2 Å². The molecule has 0 aliphatic rings. The molecule has 5 nitrogen and oxygen atoms in total. The number of aryl methyl sites for hydroxylation is 1. The number of nitrogens with zero attached hydrogens (tertiary/aromatic N) is 2. The Balaban J connectivity index is 1.83. The quantitative estimate of drug-likeness (QED) is 0.808. The molecule has 0 bridgehead atoms. The van der Waals surface area contributed by atoms with Gasteiger partial charge in [-0.15, -0.1) is 0 Å². The minimum Gasteiger partial charge on any atom is -0.324 e. The molecular weight excluding hydrogens is 297 g/mol.